The van der Waals surface area contributed by atoms with Crippen LogP contribution in [0.25, 0.3) is 0 Å². The number of methoxy groups -OCH3 is 1. The molecule has 0 spiro atoms. The van der Waals surface area contributed by atoms with E-state index in [1.807, 2.05) is 0 Å². The number of aromatic nitrogens is 1. The van der Waals surface area contributed by atoms with E-state index in [1.54, 1.807) is 13.8 Å². The van der Waals surface area contributed by atoms with Gasteiger partial charge in [0.05, 0.1) is 6.20 Å². The predicted octanol–water partition coefficient (Wildman–Crippen LogP) is 6.36. The molecule has 0 aliphatic carbocycles. The van der Waals surface area contributed by atoms with Crippen molar-refractivity contribution in [1.82, 2.24) is 4.98 Å². The fourth-order valence-corrected chi connectivity index (χ4v) is 3.16. The van der Waals surface area contributed by atoms with E-state index in [4.69, 9.17) is 4.74 Å². The number of ketones is 1. The number of carbonyl (C=O) groups excluding carboxylic acids is 1. The van der Waals surface area contributed by atoms with E-state index >= 15 is 0 Å². The summed E-state index contributed by atoms with van der Waals surface area (Å²) in [4.78, 5) is 15.7. The van der Waals surface area contributed by atoms with Gasteiger partial charge in [-0.15, -0.1) is 0 Å². The Kier molecular flexibility index (Phi) is 8.47. The quantitative estimate of drug-likeness (QED) is 0.226. The molecule has 33 heavy (non-hydrogen) atoms. The molecule has 0 bridgehead atoms. The Morgan fingerprint density at radius 1 is 1.00 bits per heavy atom. The lowest BCUT2D eigenvalue weighted by molar-refractivity contribution is -0.400. The number of hydrogen-bond donors (Lipinski definition) is 0. The molecule has 11 heteroatoms. The first-order chi connectivity index (χ1) is 15.4. The Bertz CT molecular complexity index is 927. The number of nitrogens with zero attached hydrogens (tertiary/aromatic N) is 1. The van der Waals surface area contributed by atoms with Crippen molar-refractivity contribution >= 4 is 5.78 Å². The Balaban J connectivity index is 2.53. The summed E-state index contributed by atoms with van der Waals surface area (Å²) in [5, 5.41) is 0. The molecule has 0 amide bonds. The number of carbonyl (C=O) groups is 1. The van der Waals surface area contributed by atoms with Crippen LogP contribution in [0.5, 0.6) is 11.5 Å². The number of benzene rings is 1. The molecular formula is C22H23F6NO4. The molecule has 1 heterocycles. The molecule has 0 fully saturated rings. The Morgan fingerprint density at radius 2 is 1.67 bits per heavy atom. The summed E-state index contributed by atoms with van der Waals surface area (Å²) >= 11 is 0. The smallest absolute Gasteiger partial charge is 0.430 e. The number of halogens is 6. The van der Waals surface area contributed by atoms with Gasteiger partial charge in [-0.2, -0.15) is 26.3 Å². The van der Waals surface area contributed by atoms with Crippen LogP contribution in [-0.4, -0.2) is 37.0 Å². The Labute approximate surface area is 186 Å². The van der Waals surface area contributed by atoms with Gasteiger partial charge in [-0.05, 0) is 36.2 Å². The van der Waals surface area contributed by atoms with Gasteiger partial charge in [0.1, 0.15) is 24.0 Å². The maximum absolute atomic E-state index is 13.8. The molecule has 0 atom stereocenters. The van der Waals surface area contributed by atoms with Gasteiger partial charge in [0.15, 0.2) is 5.78 Å². The van der Waals surface area contributed by atoms with E-state index < -0.39 is 30.3 Å². The first kappa shape index (κ1) is 26.6. The highest BCUT2D eigenvalue weighted by Crippen LogP contribution is 2.53. The molecule has 0 radical (unpaired) electrons. The molecule has 1 aromatic heterocycles. The summed E-state index contributed by atoms with van der Waals surface area (Å²) < 4.78 is 97.1. The van der Waals surface area contributed by atoms with Crippen LogP contribution in [0.3, 0.4) is 0 Å². The Morgan fingerprint density at radius 3 is 2.15 bits per heavy atom. The van der Waals surface area contributed by atoms with Crippen molar-refractivity contribution in [2.24, 2.45) is 0 Å². The lowest BCUT2D eigenvalue weighted by Gasteiger charge is -2.37. The number of rotatable bonds is 10. The maximum Gasteiger partial charge on any atom is 0.430 e. The highest BCUT2D eigenvalue weighted by molar-refractivity contribution is 5.93. The van der Waals surface area contributed by atoms with E-state index in [0.29, 0.717) is 12.5 Å². The van der Waals surface area contributed by atoms with Crippen molar-refractivity contribution in [3.05, 3.63) is 53.3 Å². The van der Waals surface area contributed by atoms with Gasteiger partial charge in [0.25, 0.3) is 5.60 Å². The number of Topliss-reactive ketones (excluding diaryl/α,β-unsaturated/α-hetero) is 1. The first-order valence-corrected chi connectivity index (χ1v) is 9.98. The molecular weight excluding hydrogens is 456 g/mol. The fraction of sp³-hybridized carbons (Fsp3) is 0.455. The fourth-order valence-electron chi connectivity index (χ4n) is 3.16. The minimum atomic E-state index is -5.82. The summed E-state index contributed by atoms with van der Waals surface area (Å²) in [6, 6.07) is 5.32. The standard InChI is InChI=1S/C22H23F6NO4/c1-4-6-14-11-15(20(21(23,24)25,22(26,27)28)32-13-31-3)7-10-19(14)33-16-8-9-17(29-12-16)18(30)5-2/h7-12H,4-6,13H2,1-3H3. The summed E-state index contributed by atoms with van der Waals surface area (Å²) in [7, 11) is 0.921. The highest BCUT2D eigenvalue weighted by Gasteiger charge is 2.73. The lowest BCUT2D eigenvalue weighted by Crippen LogP contribution is -2.56. The van der Waals surface area contributed by atoms with Crippen LogP contribution >= 0.6 is 0 Å². The lowest BCUT2D eigenvalue weighted by atomic mass is 9.89. The van der Waals surface area contributed by atoms with Crippen LogP contribution in [0.2, 0.25) is 0 Å². The van der Waals surface area contributed by atoms with Gasteiger partial charge in [-0.1, -0.05) is 26.3 Å². The van der Waals surface area contributed by atoms with E-state index in [9.17, 15) is 31.1 Å². The van der Waals surface area contributed by atoms with Crippen molar-refractivity contribution in [2.75, 3.05) is 13.9 Å². The van der Waals surface area contributed by atoms with E-state index in [-0.39, 0.29) is 41.4 Å². The topological polar surface area (TPSA) is 57.7 Å². The van der Waals surface area contributed by atoms with Crippen molar-refractivity contribution in [3.63, 3.8) is 0 Å². The van der Waals surface area contributed by atoms with Crippen LogP contribution in [0, 0.1) is 0 Å². The molecule has 2 aromatic rings. The molecule has 5 nitrogen and oxygen atoms in total. The average Bonchev–Trinajstić information content (AvgIpc) is 2.74. The third-order valence-electron chi connectivity index (χ3n) is 4.75. The molecule has 0 N–H and O–H groups in total. The molecule has 0 saturated carbocycles. The summed E-state index contributed by atoms with van der Waals surface area (Å²) in [5.41, 5.74) is -5.40. The minimum Gasteiger partial charge on any atom is -0.455 e. The zero-order chi connectivity index (χ0) is 24.9. The van der Waals surface area contributed by atoms with Crippen LogP contribution < -0.4 is 4.74 Å². The minimum absolute atomic E-state index is 0.0574. The number of alkyl halides is 6. The summed E-state index contributed by atoms with van der Waals surface area (Å²) in [6.45, 7) is 2.16. The molecule has 0 saturated heterocycles. The largest absolute Gasteiger partial charge is 0.455 e. The van der Waals surface area contributed by atoms with Crippen LogP contribution in [0.1, 0.15) is 48.3 Å². The number of aryl methyl sites for hydroxylation is 1. The van der Waals surface area contributed by atoms with Crippen molar-refractivity contribution < 1.29 is 45.3 Å². The zero-order valence-electron chi connectivity index (χ0n) is 18.1. The monoisotopic (exact) mass is 479 g/mol. The predicted molar refractivity (Wildman–Crippen MR) is 106 cm³/mol. The molecule has 1 aromatic carbocycles. The number of pyridine rings is 1. The van der Waals surface area contributed by atoms with Gasteiger partial charge >= 0.3 is 12.4 Å². The Hall–Kier alpha value is -2.66. The molecule has 0 aliphatic heterocycles. The van der Waals surface area contributed by atoms with Crippen LogP contribution in [0.15, 0.2) is 36.5 Å². The molecule has 0 aliphatic rings. The van der Waals surface area contributed by atoms with Crippen molar-refractivity contribution in [1.29, 1.82) is 0 Å². The summed E-state index contributed by atoms with van der Waals surface area (Å²) in [5.74, 6) is 0.0347. The zero-order valence-corrected chi connectivity index (χ0v) is 18.1. The molecule has 2 rings (SSSR count). The average molecular weight is 479 g/mol. The first-order valence-electron chi connectivity index (χ1n) is 9.98. The third-order valence-corrected chi connectivity index (χ3v) is 4.75. The number of hydrogen-bond acceptors (Lipinski definition) is 5. The SMILES string of the molecule is CCCc1cc(C(OCOC)(C(F)(F)F)C(F)(F)F)ccc1Oc1ccc(C(=O)CC)nc1. The normalized spacial score (nSPS) is 12.6. The van der Waals surface area contributed by atoms with Gasteiger partial charge in [-0.3, -0.25) is 4.79 Å². The van der Waals surface area contributed by atoms with Gasteiger partial charge in [-0.25, -0.2) is 4.98 Å². The van der Waals surface area contributed by atoms with E-state index in [0.717, 1.165) is 19.2 Å². The van der Waals surface area contributed by atoms with Crippen molar-refractivity contribution in [3.8, 4) is 11.5 Å². The van der Waals surface area contributed by atoms with Crippen LogP contribution in [0.4, 0.5) is 26.3 Å². The van der Waals surface area contributed by atoms with Crippen LogP contribution in [-0.2, 0) is 21.5 Å². The second-order valence-electron chi connectivity index (χ2n) is 7.06. The van der Waals surface area contributed by atoms with Gasteiger partial charge in [0, 0.05) is 19.1 Å². The van der Waals surface area contributed by atoms with E-state index in [1.165, 1.54) is 18.3 Å². The maximum atomic E-state index is 13.8. The third kappa shape index (κ3) is 5.64. The molecule has 0 unspecified atom stereocenters. The van der Waals surface area contributed by atoms with Crippen molar-refractivity contribution in [2.45, 2.75) is 51.1 Å². The van der Waals surface area contributed by atoms with E-state index in [2.05, 4.69) is 14.5 Å². The summed E-state index contributed by atoms with van der Waals surface area (Å²) in [6.07, 6.45) is -9.57. The van der Waals surface area contributed by atoms with Gasteiger partial charge in [0.2, 0.25) is 0 Å². The number of ether oxygens (including phenoxy) is 3. The second kappa shape index (κ2) is 10.5. The second-order valence-corrected chi connectivity index (χ2v) is 7.06. The van der Waals surface area contributed by atoms with Gasteiger partial charge < -0.3 is 14.2 Å². The molecule has 182 valence electrons. The highest BCUT2D eigenvalue weighted by atomic mass is 19.4.